The van der Waals surface area contributed by atoms with Crippen molar-refractivity contribution in [1.82, 2.24) is 15.3 Å². The summed E-state index contributed by atoms with van der Waals surface area (Å²) < 4.78 is 92.8. The quantitative estimate of drug-likeness (QED) is 0.510. The summed E-state index contributed by atoms with van der Waals surface area (Å²) >= 11 is 0. The number of nitrogen functional groups attached to an aromatic ring is 1. The van der Waals surface area contributed by atoms with Crippen molar-refractivity contribution in [2.24, 2.45) is 0 Å². The molecule has 33 heavy (non-hydrogen) atoms. The van der Waals surface area contributed by atoms with Crippen molar-refractivity contribution in [2.75, 3.05) is 5.73 Å². The molecule has 2 aromatic carbocycles. The van der Waals surface area contributed by atoms with Gasteiger partial charge in [0.05, 0.1) is 5.56 Å². The lowest BCUT2D eigenvalue weighted by Gasteiger charge is -2.19. The summed E-state index contributed by atoms with van der Waals surface area (Å²) in [7, 11) is 0. The second kappa shape index (κ2) is 8.68. The van der Waals surface area contributed by atoms with Crippen LogP contribution in [0.15, 0.2) is 48.8 Å². The first-order valence-corrected chi connectivity index (χ1v) is 9.24. The number of hydrogen-bond donors (Lipinski definition) is 2. The molecule has 0 aliphatic rings. The number of nitrogens with one attached hydrogen (secondary N) is 1. The van der Waals surface area contributed by atoms with Gasteiger partial charge in [-0.05, 0) is 36.2 Å². The minimum Gasteiger partial charge on any atom is -0.368 e. The van der Waals surface area contributed by atoms with Crippen LogP contribution in [0.2, 0.25) is 0 Å². The Morgan fingerprint density at radius 1 is 0.939 bits per heavy atom. The Morgan fingerprint density at radius 2 is 1.55 bits per heavy atom. The standard InChI is InChI=1S/C21H15F7N4O/c1-10(20(23,24)25)32-18(33)16-7-13(21(26,27)28)3-5-14(16)11-2-4-15(17(22)6-11)12-8-30-19(29)31-9-12/h2-10H,1H3,(H,32,33)(H2,29,30,31)/t10-/m0/s1. The molecule has 0 aliphatic heterocycles. The van der Waals surface area contributed by atoms with Crippen LogP contribution in [0.4, 0.5) is 36.7 Å². The van der Waals surface area contributed by atoms with E-state index in [-0.39, 0.29) is 28.2 Å². The zero-order valence-corrected chi connectivity index (χ0v) is 16.7. The summed E-state index contributed by atoms with van der Waals surface area (Å²) in [5.74, 6) is -2.25. The number of rotatable bonds is 4. The van der Waals surface area contributed by atoms with Crippen LogP contribution in [0, 0.1) is 5.82 Å². The lowest BCUT2D eigenvalue weighted by atomic mass is 9.94. The third-order valence-corrected chi connectivity index (χ3v) is 4.69. The Labute approximate surface area is 182 Å². The molecule has 1 aromatic heterocycles. The number of nitrogens with two attached hydrogens (primary N) is 1. The van der Waals surface area contributed by atoms with E-state index in [4.69, 9.17) is 5.73 Å². The average molecular weight is 472 g/mol. The molecular formula is C21H15F7N4O. The van der Waals surface area contributed by atoms with Gasteiger partial charge in [-0.2, -0.15) is 26.3 Å². The molecule has 0 unspecified atom stereocenters. The molecule has 3 N–H and O–H groups in total. The van der Waals surface area contributed by atoms with E-state index in [1.165, 1.54) is 24.5 Å². The van der Waals surface area contributed by atoms with Gasteiger partial charge in [-0.25, -0.2) is 14.4 Å². The third-order valence-electron chi connectivity index (χ3n) is 4.69. The van der Waals surface area contributed by atoms with E-state index in [0.29, 0.717) is 19.1 Å². The van der Waals surface area contributed by atoms with E-state index in [0.717, 1.165) is 12.1 Å². The second-order valence-electron chi connectivity index (χ2n) is 7.02. The van der Waals surface area contributed by atoms with Crippen molar-refractivity contribution in [3.8, 4) is 22.3 Å². The van der Waals surface area contributed by atoms with Crippen LogP contribution in [0.1, 0.15) is 22.8 Å². The van der Waals surface area contributed by atoms with E-state index in [1.807, 2.05) is 0 Å². The number of carbonyl (C=O) groups excluding carboxylic acids is 1. The molecule has 3 aromatic rings. The zero-order chi connectivity index (χ0) is 24.6. The number of hydrogen-bond acceptors (Lipinski definition) is 4. The predicted octanol–water partition coefficient (Wildman–Crippen LogP) is 5.23. The molecule has 1 atom stereocenters. The van der Waals surface area contributed by atoms with Gasteiger partial charge >= 0.3 is 12.4 Å². The zero-order valence-electron chi connectivity index (χ0n) is 16.7. The van der Waals surface area contributed by atoms with Gasteiger partial charge in [0.1, 0.15) is 11.9 Å². The van der Waals surface area contributed by atoms with Crippen molar-refractivity contribution in [2.45, 2.75) is 25.3 Å². The predicted molar refractivity (Wildman–Crippen MR) is 105 cm³/mol. The van der Waals surface area contributed by atoms with Gasteiger partial charge in [-0.3, -0.25) is 4.79 Å². The van der Waals surface area contributed by atoms with Gasteiger partial charge in [0.2, 0.25) is 5.95 Å². The summed E-state index contributed by atoms with van der Waals surface area (Å²) in [6.45, 7) is 0.647. The maximum atomic E-state index is 14.8. The Kier molecular flexibility index (Phi) is 6.30. The van der Waals surface area contributed by atoms with Crippen LogP contribution < -0.4 is 11.1 Å². The first-order chi connectivity index (χ1) is 15.3. The molecule has 1 amide bonds. The highest BCUT2D eigenvalue weighted by molar-refractivity contribution is 6.01. The molecule has 0 spiro atoms. The number of aromatic nitrogens is 2. The Morgan fingerprint density at radius 3 is 2.09 bits per heavy atom. The highest BCUT2D eigenvalue weighted by atomic mass is 19.4. The molecule has 12 heteroatoms. The Balaban J connectivity index is 2.07. The number of amides is 1. The molecule has 1 heterocycles. The number of nitrogens with zero attached hydrogens (tertiary/aromatic N) is 2. The number of anilines is 1. The number of benzene rings is 2. The fraction of sp³-hybridized carbons (Fsp3) is 0.190. The fourth-order valence-corrected chi connectivity index (χ4v) is 2.91. The summed E-state index contributed by atoms with van der Waals surface area (Å²) in [6, 6.07) is 3.18. The molecule has 5 nitrogen and oxygen atoms in total. The van der Waals surface area contributed by atoms with Crippen molar-refractivity contribution >= 4 is 11.9 Å². The maximum absolute atomic E-state index is 14.8. The van der Waals surface area contributed by atoms with Crippen LogP contribution in [0.5, 0.6) is 0 Å². The monoisotopic (exact) mass is 472 g/mol. The lowest BCUT2D eigenvalue weighted by molar-refractivity contribution is -0.149. The third kappa shape index (κ3) is 5.38. The number of carbonyl (C=O) groups is 1. The topological polar surface area (TPSA) is 80.9 Å². The number of halogens is 7. The molecule has 0 fully saturated rings. The first-order valence-electron chi connectivity index (χ1n) is 9.24. The normalized spacial score (nSPS) is 13.0. The van der Waals surface area contributed by atoms with Crippen molar-refractivity contribution in [3.05, 3.63) is 65.7 Å². The summed E-state index contributed by atoms with van der Waals surface area (Å²) in [4.78, 5) is 20.0. The number of alkyl halides is 6. The molecule has 0 bridgehead atoms. The fourth-order valence-electron chi connectivity index (χ4n) is 2.91. The van der Waals surface area contributed by atoms with Gasteiger partial charge in [-0.1, -0.05) is 18.2 Å². The molecule has 0 saturated heterocycles. The van der Waals surface area contributed by atoms with Crippen LogP contribution in [-0.4, -0.2) is 28.1 Å². The minimum absolute atomic E-state index is 0.0221. The van der Waals surface area contributed by atoms with Crippen molar-refractivity contribution in [3.63, 3.8) is 0 Å². The summed E-state index contributed by atoms with van der Waals surface area (Å²) in [6.07, 6.45) is -7.15. The largest absolute Gasteiger partial charge is 0.416 e. The van der Waals surface area contributed by atoms with Crippen LogP contribution in [-0.2, 0) is 6.18 Å². The smallest absolute Gasteiger partial charge is 0.368 e. The van der Waals surface area contributed by atoms with Gasteiger partial charge in [0.25, 0.3) is 5.91 Å². The Bertz CT molecular complexity index is 1170. The molecule has 0 saturated carbocycles. The maximum Gasteiger partial charge on any atom is 0.416 e. The van der Waals surface area contributed by atoms with Gasteiger partial charge in [-0.15, -0.1) is 0 Å². The van der Waals surface area contributed by atoms with E-state index >= 15 is 0 Å². The molecule has 3 rings (SSSR count). The van der Waals surface area contributed by atoms with E-state index in [9.17, 15) is 35.5 Å². The molecule has 0 aliphatic carbocycles. The highest BCUT2D eigenvalue weighted by Gasteiger charge is 2.38. The molecule has 0 radical (unpaired) electrons. The van der Waals surface area contributed by atoms with Crippen molar-refractivity contribution < 1.29 is 35.5 Å². The first kappa shape index (κ1) is 24.0. The summed E-state index contributed by atoms with van der Waals surface area (Å²) in [5.41, 5.74) is 3.55. The van der Waals surface area contributed by atoms with Crippen LogP contribution in [0.3, 0.4) is 0 Å². The summed E-state index contributed by atoms with van der Waals surface area (Å²) in [5, 5.41) is 1.63. The van der Waals surface area contributed by atoms with E-state index in [1.54, 1.807) is 5.32 Å². The minimum atomic E-state index is -4.85. The highest BCUT2D eigenvalue weighted by Crippen LogP contribution is 2.35. The SMILES string of the molecule is C[C@H](NC(=O)c1cc(C(F)(F)F)ccc1-c1ccc(-c2cnc(N)nc2)c(F)c1)C(F)(F)F. The van der Waals surface area contributed by atoms with Gasteiger partial charge in [0, 0.05) is 29.1 Å². The van der Waals surface area contributed by atoms with Gasteiger partial charge in [0.15, 0.2) is 0 Å². The second-order valence-corrected chi connectivity index (χ2v) is 7.02. The molecular weight excluding hydrogens is 457 g/mol. The lowest BCUT2D eigenvalue weighted by Crippen LogP contribution is -2.43. The van der Waals surface area contributed by atoms with E-state index < -0.39 is 41.2 Å². The molecule has 174 valence electrons. The van der Waals surface area contributed by atoms with E-state index in [2.05, 4.69) is 9.97 Å². The Hall–Kier alpha value is -3.70. The average Bonchev–Trinajstić information content (AvgIpc) is 2.72. The van der Waals surface area contributed by atoms with Gasteiger partial charge < -0.3 is 11.1 Å². The van der Waals surface area contributed by atoms with Crippen molar-refractivity contribution in [1.29, 1.82) is 0 Å². The van der Waals surface area contributed by atoms with Crippen LogP contribution >= 0.6 is 0 Å². The van der Waals surface area contributed by atoms with Crippen LogP contribution in [0.25, 0.3) is 22.3 Å².